The smallest absolute Gasteiger partial charge is 0.183 e. The van der Waals surface area contributed by atoms with Gasteiger partial charge in [-0.05, 0) is 43.3 Å². The van der Waals surface area contributed by atoms with Gasteiger partial charge in [-0.2, -0.15) is 0 Å². The number of benzene rings is 1. The molecular weight excluding hydrogens is 257 g/mol. The number of aliphatic imine (C=N–C) groups is 1. The molecule has 0 saturated heterocycles. The van der Waals surface area contributed by atoms with Crippen molar-refractivity contribution in [3.63, 3.8) is 0 Å². The van der Waals surface area contributed by atoms with Crippen molar-refractivity contribution in [1.82, 2.24) is 0 Å². The average molecular weight is 281 g/mol. The lowest BCUT2D eigenvalue weighted by atomic mass is 10.1. The van der Waals surface area contributed by atoms with E-state index in [0.29, 0.717) is 12.5 Å². The summed E-state index contributed by atoms with van der Waals surface area (Å²) in [5, 5.41) is 0. The monoisotopic (exact) mass is 281 g/mol. The van der Waals surface area contributed by atoms with E-state index < -0.39 is 8.32 Å². The predicted octanol–water partition coefficient (Wildman–Crippen LogP) is 4.12. The summed E-state index contributed by atoms with van der Waals surface area (Å²) in [4.78, 5) is 4.54. The summed E-state index contributed by atoms with van der Waals surface area (Å²) in [5.74, 6) is 0.171. The van der Waals surface area contributed by atoms with Crippen LogP contribution in [-0.2, 0) is 4.43 Å². The molecule has 19 heavy (non-hydrogen) atoms. The van der Waals surface area contributed by atoms with E-state index in [1.54, 1.807) is 12.3 Å². The van der Waals surface area contributed by atoms with Crippen LogP contribution in [0.4, 0.5) is 4.39 Å². The van der Waals surface area contributed by atoms with E-state index in [-0.39, 0.29) is 11.9 Å². The molecule has 0 aromatic heterocycles. The Morgan fingerprint density at radius 1 is 1.32 bits per heavy atom. The first-order valence-corrected chi connectivity index (χ1v) is 10.1. The number of hydrogen-bond donors (Lipinski definition) is 0. The van der Waals surface area contributed by atoms with Gasteiger partial charge in [0, 0.05) is 6.21 Å². The molecule has 0 saturated carbocycles. The summed E-state index contributed by atoms with van der Waals surface area (Å²) in [6, 6.07) is 6.59. The van der Waals surface area contributed by atoms with E-state index in [4.69, 9.17) is 4.43 Å². The molecule has 1 aromatic rings. The third-order valence-electron chi connectivity index (χ3n) is 2.72. The van der Waals surface area contributed by atoms with Crippen LogP contribution in [0.25, 0.3) is 0 Å². The van der Waals surface area contributed by atoms with Crippen LogP contribution in [0, 0.1) is 11.7 Å². The van der Waals surface area contributed by atoms with Crippen molar-refractivity contribution >= 4 is 14.5 Å². The summed E-state index contributed by atoms with van der Waals surface area (Å²) < 4.78 is 19.0. The van der Waals surface area contributed by atoms with E-state index in [9.17, 15) is 4.39 Å². The second-order valence-corrected chi connectivity index (χ2v) is 10.6. The van der Waals surface area contributed by atoms with Crippen molar-refractivity contribution in [2.75, 3.05) is 6.61 Å². The summed E-state index contributed by atoms with van der Waals surface area (Å²) in [7, 11) is -1.52. The number of halogens is 1. The Bertz CT molecular complexity index is 426. The van der Waals surface area contributed by atoms with E-state index in [0.717, 1.165) is 5.56 Å². The van der Waals surface area contributed by atoms with Crippen LogP contribution >= 0.6 is 0 Å². The molecule has 106 valence electrons. The van der Waals surface area contributed by atoms with Gasteiger partial charge in [0.15, 0.2) is 8.32 Å². The fourth-order valence-corrected chi connectivity index (χ4v) is 2.18. The second-order valence-electron chi connectivity index (χ2n) is 6.07. The van der Waals surface area contributed by atoms with Crippen LogP contribution in [-0.4, -0.2) is 27.2 Å². The molecule has 1 aromatic carbocycles. The van der Waals surface area contributed by atoms with Crippen molar-refractivity contribution in [3.05, 3.63) is 35.6 Å². The zero-order chi connectivity index (χ0) is 14.5. The minimum Gasteiger partial charge on any atom is -0.415 e. The maximum absolute atomic E-state index is 13.1. The van der Waals surface area contributed by atoms with Crippen molar-refractivity contribution in [2.45, 2.75) is 39.5 Å². The normalized spacial score (nSPS) is 14.3. The molecule has 0 amide bonds. The van der Waals surface area contributed by atoms with Gasteiger partial charge < -0.3 is 4.43 Å². The lowest BCUT2D eigenvalue weighted by molar-refractivity contribution is 0.255. The number of rotatable bonds is 6. The summed E-state index contributed by atoms with van der Waals surface area (Å²) in [6.07, 6.45) is 1.74. The lowest BCUT2D eigenvalue weighted by Crippen LogP contribution is -2.31. The van der Waals surface area contributed by atoms with Gasteiger partial charge in [0.05, 0.1) is 12.6 Å². The van der Waals surface area contributed by atoms with Gasteiger partial charge in [-0.1, -0.05) is 26.0 Å². The third-order valence-corrected chi connectivity index (χ3v) is 3.75. The Labute approximate surface area is 116 Å². The molecule has 0 aliphatic heterocycles. The fourth-order valence-electron chi connectivity index (χ4n) is 1.51. The highest BCUT2D eigenvalue weighted by Crippen LogP contribution is 2.12. The van der Waals surface area contributed by atoms with Crippen LogP contribution in [0.3, 0.4) is 0 Å². The van der Waals surface area contributed by atoms with Gasteiger partial charge >= 0.3 is 0 Å². The Morgan fingerprint density at radius 3 is 2.53 bits per heavy atom. The molecule has 0 N–H and O–H groups in total. The third kappa shape index (κ3) is 6.64. The standard InChI is InChI=1S/C15H24FNOSi/c1-12(2)15(11-18-19(3,4)5)17-10-13-7-6-8-14(16)9-13/h6-10,12,15H,11H2,1-5H3. The first-order chi connectivity index (χ1) is 8.78. The Hall–Kier alpha value is -1.00. The molecule has 0 spiro atoms. The fraction of sp³-hybridized carbons (Fsp3) is 0.533. The highest BCUT2D eigenvalue weighted by molar-refractivity contribution is 6.69. The van der Waals surface area contributed by atoms with Crippen LogP contribution in [0.15, 0.2) is 29.3 Å². The Kier molecular flexibility index (Phi) is 5.88. The van der Waals surface area contributed by atoms with Crippen LogP contribution in [0.2, 0.25) is 19.6 Å². The van der Waals surface area contributed by atoms with E-state index in [2.05, 4.69) is 38.5 Å². The van der Waals surface area contributed by atoms with Gasteiger partial charge in [0.25, 0.3) is 0 Å². The van der Waals surface area contributed by atoms with Crippen LogP contribution in [0.5, 0.6) is 0 Å². The molecule has 0 bridgehead atoms. The topological polar surface area (TPSA) is 21.6 Å². The summed E-state index contributed by atoms with van der Waals surface area (Å²) in [5.41, 5.74) is 0.790. The summed E-state index contributed by atoms with van der Waals surface area (Å²) in [6.45, 7) is 11.4. The highest BCUT2D eigenvalue weighted by atomic mass is 28.4. The average Bonchev–Trinajstić information content (AvgIpc) is 2.27. The largest absolute Gasteiger partial charge is 0.415 e. The molecule has 0 radical (unpaired) electrons. The maximum atomic E-state index is 13.1. The van der Waals surface area contributed by atoms with Crippen molar-refractivity contribution < 1.29 is 8.82 Å². The summed E-state index contributed by atoms with van der Waals surface area (Å²) >= 11 is 0. The van der Waals surface area contributed by atoms with Gasteiger partial charge in [0.1, 0.15) is 5.82 Å². The molecule has 1 unspecified atom stereocenters. The first-order valence-electron chi connectivity index (χ1n) is 6.70. The Morgan fingerprint density at radius 2 is 2.00 bits per heavy atom. The van der Waals surface area contributed by atoms with Crippen LogP contribution < -0.4 is 0 Å². The van der Waals surface area contributed by atoms with E-state index >= 15 is 0 Å². The maximum Gasteiger partial charge on any atom is 0.183 e. The predicted molar refractivity (Wildman–Crippen MR) is 81.9 cm³/mol. The van der Waals surface area contributed by atoms with Gasteiger partial charge in [-0.25, -0.2) is 4.39 Å². The number of hydrogen-bond acceptors (Lipinski definition) is 2. The molecule has 0 fully saturated rings. The van der Waals surface area contributed by atoms with Crippen molar-refractivity contribution in [1.29, 1.82) is 0 Å². The van der Waals surface area contributed by atoms with Crippen molar-refractivity contribution in [3.8, 4) is 0 Å². The minimum absolute atomic E-state index is 0.120. The lowest BCUT2D eigenvalue weighted by Gasteiger charge is -2.23. The zero-order valence-electron chi connectivity index (χ0n) is 12.5. The molecule has 1 rings (SSSR count). The van der Waals surface area contributed by atoms with Crippen LogP contribution in [0.1, 0.15) is 19.4 Å². The SMILES string of the molecule is CC(C)C(CO[Si](C)(C)C)N=Cc1cccc(F)c1. The Balaban J connectivity index is 2.68. The second kappa shape index (κ2) is 6.96. The quantitative estimate of drug-likeness (QED) is 0.568. The molecular formula is C15H24FNOSi. The molecule has 0 heterocycles. The number of nitrogens with zero attached hydrogens (tertiary/aromatic N) is 1. The van der Waals surface area contributed by atoms with Gasteiger partial charge in [0.2, 0.25) is 0 Å². The molecule has 2 nitrogen and oxygen atoms in total. The van der Waals surface area contributed by atoms with Gasteiger partial charge in [-0.15, -0.1) is 0 Å². The molecule has 0 aliphatic carbocycles. The van der Waals surface area contributed by atoms with Gasteiger partial charge in [-0.3, -0.25) is 4.99 Å². The highest BCUT2D eigenvalue weighted by Gasteiger charge is 2.19. The first kappa shape index (κ1) is 16.1. The molecule has 0 aliphatic rings. The minimum atomic E-state index is -1.52. The van der Waals surface area contributed by atoms with E-state index in [1.807, 2.05) is 6.07 Å². The van der Waals surface area contributed by atoms with E-state index in [1.165, 1.54) is 12.1 Å². The molecule has 1 atom stereocenters. The molecule has 4 heteroatoms. The van der Waals surface area contributed by atoms with Crippen molar-refractivity contribution in [2.24, 2.45) is 10.9 Å². The zero-order valence-corrected chi connectivity index (χ0v) is 13.5.